The van der Waals surface area contributed by atoms with Gasteiger partial charge in [0, 0.05) is 25.1 Å². The van der Waals surface area contributed by atoms with Crippen molar-refractivity contribution >= 4 is 23.3 Å². The Morgan fingerprint density at radius 2 is 2.03 bits per heavy atom. The van der Waals surface area contributed by atoms with Crippen molar-refractivity contribution in [3.05, 3.63) is 53.6 Å². The molecule has 0 atom stereocenters. The van der Waals surface area contributed by atoms with Gasteiger partial charge in [0.2, 0.25) is 5.91 Å². The first-order chi connectivity index (χ1) is 16.0. The molecule has 1 heterocycles. The van der Waals surface area contributed by atoms with Crippen LogP contribution in [-0.4, -0.2) is 43.9 Å². The Balaban J connectivity index is 1.37. The Kier molecular flexibility index (Phi) is 7.27. The zero-order valence-electron chi connectivity index (χ0n) is 19.0. The molecular weight excluding hydrogens is 420 g/mol. The van der Waals surface area contributed by atoms with Crippen LogP contribution in [0.1, 0.15) is 48.5 Å². The number of ether oxygens (including phenoxy) is 2. The quantitative estimate of drug-likeness (QED) is 0.530. The standard InChI is InChI=1S/C26H30N2O5/c1-2-18-5-3-6-21(13-18)32-16-23(29)20-10-11-24-22(14-20)28(26(31)17-33-24)12-4-7-25(30)27-15-19-8-9-19/h3,5-6,10-11,13-14,19H,2,4,7-9,12,15-17H2,1H3,(H,27,30). The second-order valence-corrected chi connectivity index (χ2v) is 8.58. The Bertz CT molecular complexity index is 1030. The monoisotopic (exact) mass is 450 g/mol. The molecule has 2 aromatic rings. The van der Waals surface area contributed by atoms with Gasteiger partial charge >= 0.3 is 0 Å². The summed E-state index contributed by atoms with van der Waals surface area (Å²) in [6.07, 6.45) is 4.17. The van der Waals surface area contributed by atoms with Gasteiger partial charge in [-0.05, 0) is 67.5 Å². The highest BCUT2D eigenvalue weighted by Gasteiger charge is 2.27. The lowest BCUT2D eigenvalue weighted by molar-refractivity contribution is -0.122. The molecule has 2 aromatic carbocycles. The molecule has 0 radical (unpaired) electrons. The van der Waals surface area contributed by atoms with Gasteiger partial charge in [0.05, 0.1) is 5.69 Å². The van der Waals surface area contributed by atoms with Crippen LogP contribution in [-0.2, 0) is 16.0 Å². The number of fused-ring (bicyclic) bond motifs is 1. The van der Waals surface area contributed by atoms with Gasteiger partial charge < -0.3 is 19.7 Å². The summed E-state index contributed by atoms with van der Waals surface area (Å²) in [4.78, 5) is 38.9. The molecule has 0 spiro atoms. The lowest BCUT2D eigenvalue weighted by atomic mass is 10.1. The SMILES string of the molecule is CCc1cccc(OCC(=O)c2ccc3c(c2)N(CCCC(=O)NCC2CC2)C(=O)CO3)c1. The van der Waals surface area contributed by atoms with Gasteiger partial charge in [-0.25, -0.2) is 0 Å². The smallest absolute Gasteiger partial charge is 0.265 e. The molecule has 33 heavy (non-hydrogen) atoms. The third-order valence-corrected chi connectivity index (χ3v) is 5.97. The number of carbonyl (C=O) groups excluding carboxylic acids is 3. The van der Waals surface area contributed by atoms with E-state index in [1.54, 1.807) is 23.1 Å². The minimum absolute atomic E-state index is 0.0102. The van der Waals surface area contributed by atoms with Crippen LogP contribution in [0.2, 0.25) is 0 Å². The van der Waals surface area contributed by atoms with Crippen LogP contribution in [0.15, 0.2) is 42.5 Å². The van der Waals surface area contributed by atoms with E-state index < -0.39 is 0 Å². The Morgan fingerprint density at radius 3 is 2.82 bits per heavy atom. The molecule has 7 nitrogen and oxygen atoms in total. The number of nitrogens with zero attached hydrogens (tertiary/aromatic N) is 1. The third kappa shape index (κ3) is 6.12. The fourth-order valence-corrected chi connectivity index (χ4v) is 3.77. The zero-order chi connectivity index (χ0) is 23.2. The maximum absolute atomic E-state index is 12.8. The Hall–Kier alpha value is -3.35. The maximum atomic E-state index is 12.8. The van der Waals surface area contributed by atoms with E-state index in [-0.39, 0.29) is 30.8 Å². The molecule has 0 aromatic heterocycles. The highest BCUT2D eigenvalue weighted by Crippen LogP contribution is 2.33. The summed E-state index contributed by atoms with van der Waals surface area (Å²) in [5, 5.41) is 2.95. The average molecular weight is 451 g/mol. The van der Waals surface area contributed by atoms with Gasteiger partial charge in [-0.2, -0.15) is 0 Å². The van der Waals surface area contributed by atoms with E-state index in [4.69, 9.17) is 9.47 Å². The first-order valence-electron chi connectivity index (χ1n) is 11.6. The predicted molar refractivity (Wildman–Crippen MR) is 125 cm³/mol. The average Bonchev–Trinajstić information content (AvgIpc) is 3.67. The van der Waals surface area contributed by atoms with Crippen molar-refractivity contribution in [3.8, 4) is 11.5 Å². The topological polar surface area (TPSA) is 84.9 Å². The first kappa shape index (κ1) is 22.8. The molecule has 0 bridgehead atoms. The molecule has 4 rings (SSSR count). The molecule has 2 amide bonds. The summed E-state index contributed by atoms with van der Waals surface area (Å²) >= 11 is 0. The number of anilines is 1. The lowest BCUT2D eigenvalue weighted by Gasteiger charge is -2.29. The summed E-state index contributed by atoms with van der Waals surface area (Å²) in [6, 6.07) is 12.7. The third-order valence-electron chi connectivity index (χ3n) is 5.97. The summed E-state index contributed by atoms with van der Waals surface area (Å²) in [5.41, 5.74) is 2.15. The number of carbonyl (C=O) groups is 3. The number of Topliss-reactive ketones (excluding diaryl/α,β-unsaturated/α-hetero) is 1. The van der Waals surface area contributed by atoms with Crippen molar-refractivity contribution in [1.29, 1.82) is 0 Å². The van der Waals surface area contributed by atoms with Crippen molar-refractivity contribution < 1.29 is 23.9 Å². The molecule has 1 aliphatic carbocycles. The maximum Gasteiger partial charge on any atom is 0.265 e. The van der Waals surface area contributed by atoms with E-state index in [0.717, 1.165) is 18.5 Å². The number of rotatable bonds is 11. The number of ketones is 1. The number of amides is 2. The Morgan fingerprint density at radius 1 is 1.18 bits per heavy atom. The molecule has 1 saturated carbocycles. The van der Waals surface area contributed by atoms with Crippen molar-refractivity contribution in [1.82, 2.24) is 5.32 Å². The largest absolute Gasteiger partial charge is 0.485 e. The molecular formula is C26H30N2O5. The fraction of sp³-hybridized carbons (Fsp3) is 0.423. The first-order valence-corrected chi connectivity index (χ1v) is 11.6. The molecule has 174 valence electrons. The van der Waals surface area contributed by atoms with Crippen LogP contribution in [0, 0.1) is 5.92 Å². The van der Waals surface area contributed by atoms with E-state index in [1.807, 2.05) is 24.3 Å². The minimum atomic E-state index is -0.183. The molecule has 0 unspecified atom stereocenters. The van der Waals surface area contributed by atoms with Crippen LogP contribution in [0.3, 0.4) is 0 Å². The minimum Gasteiger partial charge on any atom is -0.485 e. The van der Waals surface area contributed by atoms with Crippen LogP contribution >= 0.6 is 0 Å². The fourth-order valence-electron chi connectivity index (χ4n) is 3.77. The van der Waals surface area contributed by atoms with Gasteiger partial charge in [-0.1, -0.05) is 19.1 Å². The molecule has 7 heteroatoms. The van der Waals surface area contributed by atoms with Crippen LogP contribution in [0.5, 0.6) is 11.5 Å². The summed E-state index contributed by atoms with van der Waals surface area (Å²) < 4.78 is 11.2. The van der Waals surface area contributed by atoms with Crippen LogP contribution < -0.4 is 19.7 Å². The molecule has 1 aliphatic heterocycles. The van der Waals surface area contributed by atoms with E-state index in [9.17, 15) is 14.4 Å². The van der Waals surface area contributed by atoms with E-state index in [0.29, 0.717) is 48.1 Å². The number of hydrogen-bond acceptors (Lipinski definition) is 5. The van der Waals surface area contributed by atoms with E-state index >= 15 is 0 Å². The predicted octanol–water partition coefficient (Wildman–Crippen LogP) is 3.54. The second kappa shape index (κ2) is 10.5. The van der Waals surface area contributed by atoms with Crippen LogP contribution in [0.25, 0.3) is 0 Å². The van der Waals surface area contributed by atoms with Gasteiger partial charge in [-0.3, -0.25) is 14.4 Å². The van der Waals surface area contributed by atoms with E-state index in [2.05, 4.69) is 12.2 Å². The van der Waals surface area contributed by atoms with Crippen LogP contribution in [0.4, 0.5) is 5.69 Å². The number of nitrogens with one attached hydrogen (secondary N) is 1. The van der Waals surface area contributed by atoms with Gasteiger partial charge in [0.25, 0.3) is 5.91 Å². The summed E-state index contributed by atoms with van der Waals surface area (Å²) in [6.45, 7) is 3.05. The summed E-state index contributed by atoms with van der Waals surface area (Å²) in [7, 11) is 0. The van der Waals surface area contributed by atoms with Crippen molar-refractivity contribution in [2.75, 3.05) is 31.2 Å². The number of hydrogen-bond donors (Lipinski definition) is 1. The van der Waals surface area contributed by atoms with Gasteiger partial charge in [0.1, 0.15) is 11.5 Å². The number of benzene rings is 2. The van der Waals surface area contributed by atoms with Crippen molar-refractivity contribution in [2.24, 2.45) is 5.92 Å². The van der Waals surface area contributed by atoms with Gasteiger partial charge in [-0.15, -0.1) is 0 Å². The molecule has 2 aliphatic rings. The number of aryl methyl sites for hydroxylation is 1. The highest BCUT2D eigenvalue weighted by molar-refractivity contribution is 6.02. The second-order valence-electron chi connectivity index (χ2n) is 8.58. The molecule has 0 saturated heterocycles. The molecule has 1 N–H and O–H groups in total. The zero-order valence-corrected chi connectivity index (χ0v) is 19.0. The highest BCUT2D eigenvalue weighted by atomic mass is 16.5. The van der Waals surface area contributed by atoms with Crippen molar-refractivity contribution in [3.63, 3.8) is 0 Å². The lowest BCUT2D eigenvalue weighted by Crippen LogP contribution is -2.40. The van der Waals surface area contributed by atoms with E-state index in [1.165, 1.54) is 12.8 Å². The molecule has 1 fully saturated rings. The summed E-state index contributed by atoms with van der Waals surface area (Å²) in [5.74, 6) is 1.49. The Labute approximate surface area is 194 Å². The van der Waals surface area contributed by atoms with Crippen molar-refractivity contribution in [2.45, 2.75) is 39.0 Å². The normalized spacial score (nSPS) is 14.9. The van der Waals surface area contributed by atoms with Gasteiger partial charge in [0.15, 0.2) is 19.0 Å².